The van der Waals surface area contributed by atoms with E-state index in [0.29, 0.717) is 0 Å². The van der Waals surface area contributed by atoms with Gasteiger partial charge in [0.2, 0.25) is 0 Å². The molecule has 0 unspecified atom stereocenters. The highest BCUT2D eigenvalue weighted by Crippen LogP contribution is 2.31. The zero-order valence-corrected chi connectivity index (χ0v) is 10.8. The Morgan fingerprint density at radius 1 is 1.47 bits per heavy atom. The Morgan fingerprint density at radius 2 is 2.27 bits per heavy atom. The molecule has 0 radical (unpaired) electrons. The molecule has 84 valence electrons. The second-order valence-electron chi connectivity index (χ2n) is 4.38. The summed E-state index contributed by atoms with van der Waals surface area (Å²) < 4.78 is 0.910. The molecule has 0 bridgehead atoms. The molecule has 15 heavy (non-hydrogen) atoms. The number of thiophene rings is 1. The summed E-state index contributed by atoms with van der Waals surface area (Å²) in [5.74, 6) is 0.979. The molecule has 1 nitrogen and oxygen atoms in total. The highest BCUT2D eigenvalue weighted by atomic mass is 35.5. The first-order valence-corrected chi connectivity index (χ1v) is 6.94. The minimum atomic E-state index is 0.910. The third-order valence-electron chi connectivity index (χ3n) is 2.76. The molecule has 1 fully saturated rings. The minimum Gasteiger partial charge on any atom is -0.298 e. The van der Waals surface area contributed by atoms with Crippen LogP contribution in [0.4, 0.5) is 0 Å². The molecular formula is C12H18ClNS. The summed E-state index contributed by atoms with van der Waals surface area (Å²) in [7, 11) is 0. The van der Waals surface area contributed by atoms with E-state index in [-0.39, 0.29) is 0 Å². The van der Waals surface area contributed by atoms with E-state index < -0.39 is 0 Å². The maximum Gasteiger partial charge on any atom is 0.0931 e. The van der Waals surface area contributed by atoms with Crippen LogP contribution >= 0.6 is 22.9 Å². The Balaban J connectivity index is 1.86. The van der Waals surface area contributed by atoms with Crippen molar-refractivity contribution in [2.45, 2.75) is 32.7 Å². The van der Waals surface area contributed by atoms with E-state index in [0.717, 1.165) is 16.8 Å². The Bertz CT molecular complexity index is 306. The fraction of sp³-hybridized carbons (Fsp3) is 0.667. The van der Waals surface area contributed by atoms with Crippen molar-refractivity contribution in [3.05, 3.63) is 21.3 Å². The van der Waals surface area contributed by atoms with Gasteiger partial charge in [-0.1, -0.05) is 18.5 Å². The highest BCUT2D eigenvalue weighted by molar-refractivity contribution is 7.16. The van der Waals surface area contributed by atoms with Gasteiger partial charge in [0.25, 0.3) is 0 Å². The minimum absolute atomic E-state index is 0.910. The van der Waals surface area contributed by atoms with Crippen LogP contribution in [0.1, 0.15) is 31.1 Å². The molecule has 0 atom stereocenters. The third-order valence-corrected chi connectivity index (χ3v) is 3.98. The lowest BCUT2D eigenvalue weighted by Gasteiger charge is -2.20. The van der Waals surface area contributed by atoms with Crippen LogP contribution in [0.15, 0.2) is 12.1 Å². The van der Waals surface area contributed by atoms with Crippen molar-refractivity contribution < 1.29 is 0 Å². The first-order valence-electron chi connectivity index (χ1n) is 5.74. The summed E-state index contributed by atoms with van der Waals surface area (Å²) in [6.07, 6.45) is 4.11. The van der Waals surface area contributed by atoms with E-state index in [1.807, 2.05) is 6.07 Å². The van der Waals surface area contributed by atoms with Crippen LogP contribution in [0.25, 0.3) is 0 Å². The van der Waals surface area contributed by atoms with Gasteiger partial charge in [0.15, 0.2) is 0 Å². The van der Waals surface area contributed by atoms with Gasteiger partial charge in [-0.15, -0.1) is 11.3 Å². The van der Waals surface area contributed by atoms with Crippen molar-refractivity contribution in [2.24, 2.45) is 5.92 Å². The van der Waals surface area contributed by atoms with Crippen LogP contribution in [-0.4, -0.2) is 18.0 Å². The third kappa shape index (κ3) is 3.78. The van der Waals surface area contributed by atoms with Crippen molar-refractivity contribution >= 4 is 22.9 Å². The molecule has 0 aromatic carbocycles. The van der Waals surface area contributed by atoms with E-state index in [1.54, 1.807) is 11.3 Å². The number of halogens is 1. The lowest BCUT2D eigenvalue weighted by atomic mass is 10.3. The van der Waals surface area contributed by atoms with Crippen LogP contribution in [0.3, 0.4) is 0 Å². The maximum absolute atomic E-state index is 5.94. The normalized spacial score (nSPS) is 16.2. The van der Waals surface area contributed by atoms with Gasteiger partial charge in [-0.05, 0) is 43.9 Å². The number of hydrogen-bond donors (Lipinski definition) is 0. The summed E-state index contributed by atoms with van der Waals surface area (Å²) in [6.45, 7) is 5.83. The first-order chi connectivity index (χ1) is 7.28. The van der Waals surface area contributed by atoms with Crippen LogP contribution in [-0.2, 0) is 6.54 Å². The van der Waals surface area contributed by atoms with Crippen LogP contribution in [0, 0.1) is 5.92 Å². The smallest absolute Gasteiger partial charge is 0.0931 e. The van der Waals surface area contributed by atoms with E-state index in [1.165, 1.54) is 37.2 Å². The lowest BCUT2D eigenvalue weighted by molar-refractivity contribution is 0.257. The van der Waals surface area contributed by atoms with Crippen molar-refractivity contribution in [3.8, 4) is 0 Å². The highest BCUT2D eigenvalue weighted by Gasteiger charge is 2.24. The maximum atomic E-state index is 5.94. The summed E-state index contributed by atoms with van der Waals surface area (Å²) in [5.41, 5.74) is 0. The largest absolute Gasteiger partial charge is 0.298 e. The zero-order chi connectivity index (χ0) is 10.7. The molecule has 0 N–H and O–H groups in total. The van der Waals surface area contributed by atoms with Gasteiger partial charge < -0.3 is 0 Å². The van der Waals surface area contributed by atoms with Gasteiger partial charge >= 0.3 is 0 Å². The predicted molar refractivity (Wildman–Crippen MR) is 67.6 cm³/mol. The molecule has 0 amide bonds. The molecule has 0 saturated heterocycles. The van der Waals surface area contributed by atoms with Gasteiger partial charge in [0.05, 0.1) is 4.34 Å². The van der Waals surface area contributed by atoms with Crippen LogP contribution < -0.4 is 0 Å². The Labute approximate surface area is 101 Å². The van der Waals surface area contributed by atoms with Gasteiger partial charge in [0, 0.05) is 18.0 Å². The van der Waals surface area contributed by atoms with E-state index in [9.17, 15) is 0 Å². The predicted octanol–water partition coefficient (Wildman–Crippen LogP) is 4.02. The summed E-state index contributed by atoms with van der Waals surface area (Å²) in [5, 5.41) is 0. The monoisotopic (exact) mass is 243 g/mol. The van der Waals surface area contributed by atoms with Gasteiger partial charge in [-0.3, -0.25) is 4.90 Å². The molecule has 1 aliphatic rings. The topological polar surface area (TPSA) is 3.24 Å². The SMILES string of the molecule is CCCN(Cc1ccc(Cl)s1)CC1CC1. The Hall–Kier alpha value is -0.0500. The van der Waals surface area contributed by atoms with Crippen molar-refractivity contribution in [2.75, 3.05) is 13.1 Å². The molecule has 1 aromatic rings. The Morgan fingerprint density at radius 3 is 2.80 bits per heavy atom. The molecule has 1 aliphatic carbocycles. The van der Waals surface area contributed by atoms with Crippen molar-refractivity contribution in [3.63, 3.8) is 0 Å². The average Bonchev–Trinajstić information content (AvgIpc) is 2.90. The summed E-state index contributed by atoms with van der Waals surface area (Å²) in [4.78, 5) is 3.97. The van der Waals surface area contributed by atoms with Crippen molar-refractivity contribution in [1.82, 2.24) is 4.90 Å². The standard InChI is InChI=1S/C12H18ClNS/c1-2-7-14(8-10-3-4-10)9-11-5-6-12(13)15-11/h5-6,10H,2-4,7-9H2,1H3. The average molecular weight is 244 g/mol. The van der Waals surface area contributed by atoms with E-state index in [4.69, 9.17) is 11.6 Å². The fourth-order valence-electron chi connectivity index (χ4n) is 1.87. The lowest BCUT2D eigenvalue weighted by Crippen LogP contribution is -2.25. The second kappa shape index (κ2) is 5.33. The fourth-order valence-corrected chi connectivity index (χ4v) is 3.00. The number of hydrogen-bond acceptors (Lipinski definition) is 2. The molecule has 1 heterocycles. The quantitative estimate of drug-likeness (QED) is 0.730. The van der Waals surface area contributed by atoms with Gasteiger partial charge in [-0.25, -0.2) is 0 Å². The number of nitrogens with zero attached hydrogens (tertiary/aromatic N) is 1. The molecule has 1 saturated carbocycles. The van der Waals surface area contributed by atoms with E-state index >= 15 is 0 Å². The molecule has 3 heteroatoms. The van der Waals surface area contributed by atoms with Gasteiger partial charge in [-0.2, -0.15) is 0 Å². The van der Waals surface area contributed by atoms with Gasteiger partial charge in [0.1, 0.15) is 0 Å². The summed E-state index contributed by atoms with van der Waals surface area (Å²) in [6, 6.07) is 4.16. The van der Waals surface area contributed by atoms with E-state index in [2.05, 4.69) is 17.9 Å². The van der Waals surface area contributed by atoms with Crippen LogP contribution in [0.2, 0.25) is 4.34 Å². The van der Waals surface area contributed by atoms with Crippen molar-refractivity contribution in [1.29, 1.82) is 0 Å². The first kappa shape index (κ1) is 11.4. The molecule has 2 rings (SSSR count). The molecular weight excluding hydrogens is 226 g/mol. The summed E-state index contributed by atoms with van der Waals surface area (Å²) >= 11 is 7.65. The van der Waals surface area contributed by atoms with Crippen LogP contribution in [0.5, 0.6) is 0 Å². The molecule has 0 aliphatic heterocycles. The second-order valence-corrected chi connectivity index (χ2v) is 6.18. The number of rotatable bonds is 6. The molecule has 1 aromatic heterocycles. The molecule has 0 spiro atoms. The Kier molecular flexibility index (Phi) is 4.06. The zero-order valence-electron chi connectivity index (χ0n) is 9.21.